The van der Waals surface area contributed by atoms with Crippen LogP contribution in [0.25, 0.3) is 0 Å². The first-order chi connectivity index (χ1) is 9.13. The van der Waals surface area contributed by atoms with Crippen LogP contribution in [0.5, 0.6) is 11.5 Å². The summed E-state index contributed by atoms with van der Waals surface area (Å²) in [4.78, 5) is 17.9. The third-order valence-electron chi connectivity index (χ3n) is 2.37. The predicted octanol–water partition coefficient (Wildman–Crippen LogP) is 1.61. The molecule has 0 aliphatic heterocycles. The molecule has 1 N–H and O–H groups in total. The van der Waals surface area contributed by atoms with Crippen LogP contribution in [0.1, 0.15) is 16.8 Å². The minimum Gasteiger partial charge on any atom is -0.450 e. The van der Waals surface area contributed by atoms with E-state index in [1.54, 1.807) is 6.92 Å². The minimum atomic E-state index is -0.423. The average Bonchev–Trinajstić information content (AvgIpc) is 2.42. The fraction of sp³-hybridized carbons (Fsp3) is 0.0769. The fourth-order valence-electron chi connectivity index (χ4n) is 1.50. The van der Waals surface area contributed by atoms with Gasteiger partial charge in [-0.25, -0.2) is 4.98 Å². The van der Waals surface area contributed by atoms with Crippen LogP contribution in [-0.2, 0) is 0 Å². The molecule has 0 spiro atoms. The molecule has 6 heteroatoms. The van der Waals surface area contributed by atoms with Crippen LogP contribution in [0.3, 0.4) is 0 Å². The van der Waals surface area contributed by atoms with Crippen molar-refractivity contribution in [3.8, 4) is 23.6 Å². The van der Waals surface area contributed by atoms with Crippen molar-refractivity contribution in [1.29, 1.82) is 10.5 Å². The Morgan fingerprint density at radius 1 is 1.21 bits per heavy atom. The number of nitriles is 2. The molecule has 92 valence electrons. The Balaban J connectivity index is 2.48. The lowest BCUT2D eigenvalue weighted by Gasteiger charge is -2.07. The van der Waals surface area contributed by atoms with Crippen molar-refractivity contribution in [3.63, 3.8) is 0 Å². The van der Waals surface area contributed by atoms with Gasteiger partial charge >= 0.3 is 0 Å². The second-order valence-electron chi connectivity index (χ2n) is 3.72. The first-order valence-electron chi connectivity index (χ1n) is 5.31. The van der Waals surface area contributed by atoms with Crippen LogP contribution in [0.2, 0.25) is 0 Å². The maximum Gasteiger partial charge on any atom is 0.294 e. The van der Waals surface area contributed by atoms with Gasteiger partial charge < -0.3 is 9.72 Å². The van der Waals surface area contributed by atoms with Gasteiger partial charge in [-0.1, -0.05) is 0 Å². The van der Waals surface area contributed by atoms with Crippen LogP contribution in [0, 0.1) is 29.6 Å². The highest BCUT2D eigenvalue weighted by Gasteiger charge is 2.09. The largest absolute Gasteiger partial charge is 0.450 e. The lowest BCUT2D eigenvalue weighted by molar-refractivity contribution is 0.466. The number of aromatic nitrogens is 2. The summed E-state index contributed by atoms with van der Waals surface area (Å²) in [5.41, 5.74) is 0.567. The van der Waals surface area contributed by atoms with Gasteiger partial charge in [-0.15, -0.1) is 0 Å². The first-order valence-corrected chi connectivity index (χ1v) is 5.31. The summed E-state index contributed by atoms with van der Waals surface area (Å²) < 4.78 is 5.42. The highest BCUT2D eigenvalue weighted by atomic mass is 16.5. The Labute approximate surface area is 108 Å². The van der Waals surface area contributed by atoms with Crippen molar-refractivity contribution in [2.75, 3.05) is 0 Å². The fourth-order valence-corrected chi connectivity index (χ4v) is 1.50. The van der Waals surface area contributed by atoms with E-state index < -0.39 is 5.56 Å². The predicted molar refractivity (Wildman–Crippen MR) is 65.5 cm³/mol. The van der Waals surface area contributed by atoms with E-state index in [-0.39, 0.29) is 22.6 Å². The molecule has 0 aliphatic carbocycles. The van der Waals surface area contributed by atoms with E-state index in [0.29, 0.717) is 5.69 Å². The van der Waals surface area contributed by atoms with E-state index in [9.17, 15) is 4.79 Å². The van der Waals surface area contributed by atoms with E-state index in [2.05, 4.69) is 9.97 Å². The molecule has 0 saturated heterocycles. The molecule has 0 aliphatic rings. The number of nitrogens with zero attached hydrogens (tertiary/aromatic N) is 3. The molecule has 6 nitrogen and oxygen atoms in total. The second-order valence-corrected chi connectivity index (χ2v) is 3.72. The van der Waals surface area contributed by atoms with Crippen LogP contribution in [0.4, 0.5) is 0 Å². The molecule has 0 bridgehead atoms. The lowest BCUT2D eigenvalue weighted by Crippen LogP contribution is -2.11. The van der Waals surface area contributed by atoms with Gasteiger partial charge in [-0.3, -0.25) is 4.79 Å². The molecule has 1 aromatic carbocycles. The van der Waals surface area contributed by atoms with Gasteiger partial charge in [0.2, 0.25) is 5.75 Å². The van der Waals surface area contributed by atoms with Gasteiger partial charge in [0.05, 0.1) is 35.3 Å². The van der Waals surface area contributed by atoms with E-state index in [1.165, 1.54) is 24.5 Å². The SMILES string of the molecule is Cc1nc[nH]c(=O)c1Oc1cc(C#N)cc(C#N)c1. The van der Waals surface area contributed by atoms with Crippen molar-refractivity contribution in [1.82, 2.24) is 9.97 Å². The molecule has 0 atom stereocenters. The Hall–Kier alpha value is -3.12. The topological polar surface area (TPSA) is 103 Å². The highest BCUT2D eigenvalue weighted by Crippen LogP contribution is 2.22. The number of aryl methyl sites for hydroxylation is 1. The number of hydrogen-bond acceptors (Lipinski definition) is 5. The third-order valence-corrected chi connectivity index (χ3v) is 2.37. The van der Waals surface area contributed by atoms with Gasteiger partial charge in [0, 0.05) is 0 Å². The van der Waals surface area contributed by atoms with Crippen LogP contribution in [0.15, 0.2) is 29.3 Å². The monoisotopic (exact) mass is 252 g/mol. The van der Waals surface area contributed by atoms with E-state index in [4.69, 9.17) is 15.3 Å². The van der Waals surface area contributed by atoms with Crippen molar-refractivity contribution in [2.24, 2.45) is 0 Å². The smallest absolute Gasteiger partial charge is 0.294 e. The van der Waals surface area contributed by atoms with Crippen LogP contribution < -0.4 is 10.3 Å². The average molecular weight is 252 g/mol. The minimum absolute atomic E-state index is 0.0430. The maximum absolute atomic E-state index is 11.6. The molecule has 0 amide bonds. The van der Waals surface area contributed by atoms with Gasteiger partial charge in [-0.2, -0.15) is 10.5 Å². The molecule has 19 heavy (non-hydrogen) atoms. The number of aromatic amines is 1. The van der Waals surface area contributed by atoms with Crippen molar-refractivity contribution in [3.05, 3.63) is 51.7 Å². The molecule has 1 heterocycles. The standard InChI is InChI=1S/C13H8N4O2/c1-8-12(13(18)17-7-16-8)19-11-3-9(5-14)2-10(4-11)6-15/h2-4,7H,1H3,(H,16,17,18). The summed E-state index contributed by atoms with van der Waals surface area (Å²) in [6, 6.07) is 8.19. The molecule has 0 fully saturated rings. The molecule has 0 radical (unpaired) electrons. The summed E-state index contributed by atoms with van der Waals surface area (Å²) in [7, 11) is 0. The molecule has 0 saturated carbocycles. The Kier molecular flexibility index (Phi) is 3.26. The Morgan fingerprint density at radius 2 is 1.84 bits per heavy atom. The molecule has 0 unspecified atom stereocenters. The molecule has 2 aromatic rings. The summed E-state index contributed by atoms with van der Waals surface area (Å²) in [5, 5.41) is 17.7. The third kappa shape index (κ3) is 2.59. The highest BCUT2D eigenvalue weighted by molar-refractivity contribution is 5.46. The van der Waals surface area contributed by atoms with Gasteiger partial charge in [0.1, 0.15) is 5.75 Å². The molecule has 2 rings (SSSR count). The summed E-state index contributed by atoms with van der Waals surface area (Å²) in [5.74, 6) is 0.290. The summed E-state index contributed by atoms with van der Waals surface area (Å²) in [6.07, 6.45) is 1.27. The van der Waals surface area contributed by atoms with E-state index >= 15 is 0 Å². The number of ether oxygens (including phenoxy) is 1. The molecule has 1 aromatic heterocycles. The lowest BCUT2D eigenvalue weighted by atomic mass is 10.1. The zero-order chi connectivity index (χ0) is 13.8. The van der Waals surface area contributed by atoms with Gasteiger partial charge in [-0.05, 0) is 25.1 Å². The van der Waals surface area contributed by atoms with E-state index in [1.807, 2.05) is 12.1 Å². The van der Waals surface area contributed by atoms with Crippen LogP contribution in [-0.4, -0.2) is 9.97 Å². The Bertz CT molecular complexity index is 733. The van der Waals surface area contributed by atoms with Gasteiger partial charge in [0.25, 0.3) is 5.56 Å². The summed E-state index contributed by atoms with van der Waals surface area (Å²) >= 11 is 0. The second kappa shape index (κ2) is 5.03. The first kappa shape index (κ1) is 12.3. The summed E-state index contributed by atoms with van der Waals surface area (Å²) in [6.45, 7) is 1.63. The quantitative estimate of drug-likeness (QED) is 0.874. The molecular weight excluding hydrogens is 244 g/mol. The zero-order valence-electron chi connectivity index (χ0n) is 9.97. The zero-order valence-corrected chi connectivity index (χ0v) is 9.97. The van der Waals surface area contributed by atoms with Crippen molar-refractivity contribution >= 4 is 0 Å². The molecular formula is C13H8N4O2. The van der Waals surface area contributed by atoms with Crippen LogP contribution >= 0.6 is 0 Å². The number of H-pyrrole nitrogens is 1. The van der Waals surface area contributed by atoms with Gasteiger partial charge in [0.15, 0.2) is 0 Å². The maximum atomic E-state index is 11.6. The van der Waals surface area contributed by atoms with E-state index in [0.717, 1.165) is 0 Å². The number of nitrogens with one attached hydrogen (secondary N) is 1. The van der Waals surface area contributed by atoms with Crippen molar-refractivity contribution < 1.29 is 4.74 Å². The Morgan fingerprint density at radius 3 is 2.37 bits per heavy atom. The number of rotatable bonds is 2. The number of hydrogen-bond donors (Lipinski definition) is 1. The normalized spacial score (nSPS) is 9.42. The number of benzene rings is 1. The van der Waals surface area contributed by atoms with Crippen molar-refractivity contribution in [2.45, 2.75) is 6.92 Å².